The van der Waals surface area contributed by atoms with E-state index in [1.165, 1.54) is 18.4 Å². The van der Waals surface area contributed by atoms with E-state index in [9.17, 15) is 4.79 Å². The summed E-state index contributed by atoms with van der Waals surface area (Å²) in [5.74, 6) is 0.428. The Morgan fingerprint density at radius 1 is 1.30 bits per heavy atom. The third-order valence-corrected chi connectivity index (χ3v) is 4.29. The molecule has 1 aliphatic rings. The molecule has 0 radical (unpaired) electrons. The zero-order valence-electron chi connectivity index (χ0n) is 12.4. The van der Waals surface area contributed by atoms with Crippen LogP contribution in [-0.2, 0) is 0 Å². The van der Waals surface area contributed by atoms with Crippen LogP contribution in [0.4, 0.5) is 10.5 Å². The molecule has 20 heavy (non-hydrogen) atoms. The van der Waals surface area contributed by atoms with Gasteiger partial charge < -0.3 is 16.0 Å². The van der Waals surface area contributed by atoms with E-state index < -0.39 is 0 Å². The van der Waals surface area contributed by atoms with Gasteiger partial charge in [-0.3, -0.25) is 0 Å². The van der Waals surface area contributed by atoms with Crippen molar-refractivity contribution in [3.05, 3.63) is 29.8 Å². The van der Waals surface area contributed by atoms with Gasteiger partial charge in [-0.15, -0.1) is 0 Å². The van der Waals surface area contributed by atoms with Crippen LogP contribution in [-0.4, -0.2) is 30.6 Å². The van der Waals surface area contributed by atoms with Gasteiger partial charge in [0.05, 0.1) is 0 Å². The maximum atomic E-state index is 12.3. The fourth-order valence-electron chi connectivity index (χ4n) is 2.97. The Balaban J connectivity index is 1.98. The molecule has 2 rings (SSSR count). The van der Waals surface area contributed by atoms with Gasteiger partial charge in [-0.05, 0) is 44.4 Å². The van der Waals surface area contributed by atoms with Gasteiger partial charge in [0.15, 0.2) is 0 Å². The van der Waals surface area contributed by atoms with Crippen LogP contribution >= 0.6 is 0 Å². The molecule has 1 aromatic carbocycles. The van der Waals surface area contributed by atoms with Gasteiger partial charge in [0, 0.05) is 18.8 Å². The number of carbonyl (C=O) groups excluding carboxylic acids is 1. The maximum absolute atomic E-state index is 12.3. The minimum atomic E-state index is -0.0424. The number of anilines is 1. The lowest BCUT2D eigenvalue weighted by Crippen LogP contribution is -2.47. The van der Waals surface area contributed by atoms with Crippen LogP contribution in [0.3, 0.4) is 0 Å². The number of aryl methyl sites for hydroxylation is 1. The van der Waals surface area contributed by atoms with Crippen molar-refractivity contribution in [3.63, 3.8) is 0 Å². The molecule has 1 aliphatic carbocycles. The smallest absolute Gasteiger partial charge is 0.321 e. The topological polar surface area (TPSA) is 58.4 Å². The molecule has 110 valence electrons. The standard InChI is InChI=1S/C16H25N3O/c1-12-7-9-14(10-8-12)18-16(20)19(2)15-6-4-3-5-13(15)11-17/h7-10,13,15H,3-6,11,17H2,1-2H3,(H,18,20). The molecule has 1 fully saturated rings. The molecule has 0 aliphatic heterocycles. The van der Waals surface area contributed by atoms with E-state index in [1.807, 2.05) is 43.1 Å². The SMILES string of the molecule is Cc1ccc(NC(=O)N(C)C2CCCCC2CN)cc1. The number of carbonyl (C=O) groups is 1. The highest BCUT2D eigenvalue weighted by atomic mass is 16.2. The summed E-state index contributed by atoms with van der Waals surface area (Å²) in [5, 5.41) is 2.96. The zero-order chi connectivity index (χ0) is 14.5. The van der Waals surface area contributed by atoms with Crippen LogP contribution in [0.2, 0.25) is 0 Å². The fourth-order valence-corrected chi connectivity index (χ4v) is 2.97. The van der Waals surface area contributed by atoms with E-state index in [1.54, 1.807) is 0 Å². The molecular weight excluding hydrogens is 250 g/mol. The summed E-state index contributed by atoms with van der Waals surface area (Å²) >= 11 is 0. The van der Waals surface area contributed by atoms with Gasteiger partial charge in [0.2, 0.25) is 0 Å². The van der Waals surface area contributed by atoms with Crippen molar-refractivity contribution in [1.29, 1.82) is 0 Å². The second-order valence-corrected chi connectivity index (χ2v) is 5.75. The molecule has 4 heteroatoms. The number of urea groups is 1. The Labute approximate surface area is 121 Å². The molecule has 0 heterocycles. The number of rotatable bonds is 3. The third-order valence-electron chi connectivity index (χ3n) is 4.29. The van der Waals surface area contributed by atoms with Gasteiger partial charge >= 0.3 is 6.03 Å². The number of hydrogen-bond acceptors (Lipinski definition) is 2. The first-order valence-corrected chi connectivity index (χ1v) is 7.42. The molecule has 2 atom stereocenters. The lowest BCUT2D eigenvalue weighted by molar-refractivity contribution is 0.150. The predicted molar refractivity (Wildman–Crippen MR) is 82.8 cm³/mol. The summed E-state index contributed by atoms with van der Waals surface area (Å²) in [6.07, 6.45) is 4.60. The average molecular weight is 275 g/mol. The number of nitrogens with zero attached hydrogens (tertiary/aromatic N) is 1. The van der Waals surface area contributed by atoms with Crippen LogP contribution in [0.15, 0.2) is 24.3 Å². The summed E-state index contributed by atoms with van der Waals surface area (Å²) in [6.45, 7) is 2.69. The molecule has 4 nitrogen and oxygen atoms in total. The minimum Gasteiger partial charge on any atom is -0.330 e. The largest absolute Gasteiger partial charge is 0.330 e. The van der Waals surface area contributed by atoms with E-state index in [4.69, 9.17) is 5.73 Å². The first-order chi connectivity index (χ1) is 9.61. The Morgan fingerprint density at radius 2 is 1.95 bits per heavy atom. The van der Waals surface area contributed by atoms with Crippen molar-refractivity contribution in [1.82, 2.24) is 4.90 Å². The molecule has 2 amide bonds. The average Bonchev–Trinajstić information content (AvgIpc) is 2.48. The highest BCUT2D eigenvalue weighted by Gasteiger charge is 2.29. The lowest BCUT2D eigenvalue weighted by Gasteiger charge is -2.37. The molecule has 0 saturated heterocycles. The van der Waals surface area contributed by atoms with E-state index in [0.717, 1.165) is 18.5 Å². The van der Waals surface area contributed by atoms with Gasteiger partial charge in [0.1, 0.15) is 0 Å². The van der Waals surface area contributed by atoms with Crippen LogP contribution < -0.4 is 11.1 Å². The third kappa shape index (κ3) is 3.51. The Bertz CT molecular complexity index is 444. The zero-order valence-corrected chi connectivity index (χ0v) is 12.4. The van der Waals surface area contributed by atoms with Crippen LogP contribution in [0, 0.1) is 12.8 Å². The number of amides is 2. The second-order valence-electron chi connectivity index (χ2n) is 5.75. The molecule has 0 spiro atoms. The van der Waals surface area contributed by atoms with Gasteiger partial charge in [0.25, 0.3) is 0 Å². The van der Waals surface area contributed by atoms with E-state index >= 15 is 0 Å². The molecule has 1 aromatic rings. The van der Waals surface area contributed by atoms with E-state index in [2.05, 4.69) is 5.32 Å². The fraction of sp³-hybridized carbons (Fsp3) is 0.562. The van der Waals surface area contributed by atoms with Crippen LogP contribution in [0.25, 0.3) is 0 Å². The second kappa shape index (κ2) is 6.75. The summed E-state index contributed by atoms with van der Waals surface area (Å²) < 4.78 is 0. The van der Waals surface area contributed by atoms with Crippen molar-refractivity contribution >= 4 is 11.7 Å². The van der Waals surface area contributed by atoms with Gasteiger partial charge in [-0.1, -0.05) is 30.5 Å². The highest BCUT2D eigenvalue weighted by Crippen LogP contribution is 2.27. The number of hydrogen-bond donors (Lipinski definition) is 2. The van der Waals surface area contributed by atoms with Crippen molar-refractivity contribution in [2.45, 2.75) is 38.6 Å². The Hall–Kier alpha value is -1.55. The number of benzene rings is 1. The maximum Gasteiger partial charge on any atom is 0.321 e. The summed E-state index contributed by atoms with van der Waals surface area (Å²) in [4.78, 5) is 14.2. The predicted octanol–water partition coefficient (Wildman–Crippen LogP) is 2.98. The minimum absolute atomic E-state index is 0.0424. The van der Waals surface area contributed by atoms with Crippen molar-refractivity contribution in [3.8, 4) is 0 Å². The molecule has 0 aromatic heterocycles. The van der Waals surface area contributed by atoms with E-state index in [0.29, 0.717) is 12.5 Å². The summed E-state index contributed by atoms with van der Waals surface area (Å²) in [6, 6.07) is 8.08. The molecule has 2 unspecified atom stereocenters. The van der Waals surface area contributed by atoms with Crippen molar-refractivity contribution < 1.29 is 4.79 Å². The van der Waals surface area contributed by atoms with Crippen molar-refractivity contribution in [2.75, 3.05) is 18.9 Å². The molecular formula is C16H25N3O. The van der Waals surface area contributed by atoms with Gasteiger partial charge in [-0.25, -0.2) is 4.79 Å². The van der Waals surface area contributed by atoms with Gasteiger partial charge in [-0.2, -0.15) is 0 Å². The first-order valence-electron chi connectivity index (χ1n) is 7.42. The monoisotopic (exact) mass is 275 g/mol. The highest BCUT2D eigenvalue weighted by molar-refractivity contribution is 5.89. The van der Waals surface area contributed by atoms with E-state index in [-0.39, 0.29) is 12.1 Å². The molecule has 3 N–H and O–H groups in total. The number of nitrogens with one attached hydrogen (secondary N) is 1. The summed E-state index contributed by atoms with van der Waals surface area (Å²) in [5.41, 5.74) is 7.87. The molecule has 0 bridgehead atoms. The lowest BCUT2D eigenvalue weighted by atomic mass is 9.84. The quantitative estimate of drug-likeness (QED) is 0.891. The Morgan fingerprint density at radius 3 is 2.60 bits per heavy atom. The number of nitrogens with two attached hydrogens (primary N) is 1. The normalized spacial score (nSPS) is 22.4. The summed E-state index contributed by atoms with van der Waals surface area (Å²) in [7, 11) is 1.88. The Kier molecular flexibility index (Phi) is 5.01. The van der Waals surface area contributed by atoms with Crippen LogP contribution in [0.1, 0.15) is 31.2 Å². The van der Waals surface area contributed by atoms with Crippen LogP contribution in [0.5, 0.6) is 0 Å². The van der Waals surface area contributed by atoms with Crippen molar-refractivity contribution in [2.24, 2.45) is 11.7 Å². The first kappa shape index (κ1) is 14.9. The molecule has 1 saturated carbocycles.